The van der Waals surface area contributed by atoms with Gasteiger partial charge in [0.15, 0.2) is 0 Å². The molecule has 1 atom stereocenters. The summed E-state index contributed by atoms with van der Waals surface area (Å²) in [5, 5.41) is 11.0. The van der Waals surface area contributed by atoms with Crippen LogP contribution in [0.4, 0.5) is 0 Å². The Hall–Kier alpha value is -0.830. The van der Waals surface area contributed by atoms with Crippen LogP contribution in [0.1, 0.15) is 48.0 Å². The van der Waals surface area contributed by atoms with Gasteiger partial charge in [-0.15, -0.1) is 0 Å². The summed E-state index contributed by atoms with van der Waals surface area (Å²) in [5.74, 6) is 1.50. The normalized spacial score (nSPS) is 25.4. The smallest absolute Gasteiger partial charge is 0.0691 e. The average molecular weight is 191 g/mol. The molecule has 1 aromatic rings. The van der Waals surface area contributed by atoms with Gasteiger partial charge in [0.25, 0.3) is 0 Å². The van der Waals surface area contributed by atoms with E-state index in [1.165, 1.54) is 37.1 Å². The zero-order valence-electron chi connectivity index (χ0n) is 8.64. The van der Waals surface area contributed by atoms with Crippen LogP contribution >= 0.6 is 0 Å². The Bertz CT molecular complexity index is 338. The van der Waals surface area contributed by atoms with Crippen molar-refractivity contribution in [3.63, 3.8) is 0 Å². The van der Waals surface area contributed by atoms with Crippen molar-refractivity contribution in [1.82, 2.24) is 15.5 Å². The van der Waals surface area contributed by atoms with E-state index < -0.39 is 0 Å². The molecule has 0 radical (unpaired) electrons. The molecule has 2 N–H and O–H groups in total. The van der Waals surface area contributed by atoms with Gasteiger partial charge in [-0.1, -0.05) is 0 Å². The van der Waals surface area contributed by atoms with Gasteiger partial charge in [0.05, 0.1) is 5.69 Å². The van der Waals surface area contributed by atoms with Crippen LogP contribution in [0.3, 0.4) is 0 Å². The Morgan fingerprint density at radius 1 is 1.43 bits per heavy atom. The number of hydrogen-bond acceptors (Lipinski definition) is 2. The molecule has 0 saturated heterocycles. The molecule has 14 heavy (non-hydrogen) atoms. The van der Waals surface area contributed by atoms with Gasteiger partial charge in [0.1, 0.15) is 0 Å². The number of aryl methyl sites for hydroxylation is 1. The number of aromatic nitrogens is 2. The predicted octanol–water partition coefficient (Wildman–Crippen LogP) is 1.54. The molecule has 0 aromatic carbocycles. The van der Waals surface area contributed by atoms with Gasteiger partial charge in [-0.3, -0.25) is 5.10 Å². The summed E-state index contributed by atoms with van der Waals surface area (Å²) < 4.78 is 0. The lowest BCUT2D eigenvalue weighted by Crippen LogP contribution is -2.15. The highest BCUT2D eigenvalue weighted by atomic mass is 15.1. The van der Waals surface area contributed by atoms with Crippen LogP contribution in [0, 0.1) is 0 Å². The minimum absolute atomic E-state index is 0.712. The number of nitrogens with zero attached hydrogens (tertiary/aromatic N) is 1. The lowest BCUT2D eigenvalue weighted by atomic mass is 10.00. The summed E-state index contributed by atoms with van der Waals surface area (Å²) in [6.45, 7) is 1.10. The van der Waals surface area contributed by atoms with Crippen LogP contribution in [0.25, 0.3) is 0 Å². The molecule has 1 unspecified atom stereocenters. The number of fused-ring (bicyclic) bond motifs is 1. The first kappa shape index (κ1) is 8.48. The van der Waals surface area contributed by atoms with Crippen LogP contribution < -0.4 is 5.32 Å². The number of H-pyrrole nitrogens is 1. The Morgan fingerprint density at radius 2 is 2.29 bits per heavy atom. The fourth-order valence-corrected chi connectivity index (χ4v) is 2.63. The average Bonchev–Trinajstić information content (AvgIpc) is 2.81. The predicted molar refractivity (Wildman–Crippen MR) is 55.6 cm³/mol. The monoisotopic (exact) mass is 191 g/mol. The second-order valence-electron chi connectivity index (χ2n) is 4.57. The van der Waals surface area contributed by atoms with Gasteiger partial charge in [-0.05, 0) is 32.7 Å². The number of likely N-dealkylation sites (N-methyl/N-ethyl adjacent to an activating group) is 1. The summed E-state index contributed by atoms with van der Waals surface area (Å²) in [7, 11) is 2.04. The van der Waals surface area contributed by atoms with Crippen LogP contribution in [-0.2, 0) is 6.42 Å². The van der Waals surface area contributed by atoms with Crippen molar-refractivity contribution in [2.24, 2.45) is 0 Å². The zero-order chi connectivity index (χ0) is 9.54. The molecular formula is C11H17N3. The molecule has 2 aliphatic rings. The molecule has 1 aromatic heterocycles. The first-order chi connectivity index (χ1) is 6.90. The van der Waals surface area contributed by atoms with Crippen molar-refractivity contribution in [2.75, 3.05) is 13.6 Å². The van der Waals surface area contributed by atoms with Gasteiger partial charge in [0.2, 0.25) is 0 Å². The highest BCUT2D eigenvalue weighted by Crippen LogP contribution is 2.45. The third-order valence-electron chi connectivity index (χ3n) is 3.48. The molecule has 2 aliphatic carbocycles. The van der Waals surface area contributed by atoms with Crippen molar-refractivity contribution in [3.8, 4) is 0 Å². The van der Waals surface area contributed by atoms with Crippen LogP contribution in [0.15, 0.2) is 0 Å². The van der Waals surface area contributed by atoms with E-state index in [9.17, 15) is 0 Å². The third kappa shape index (κ3) is 1.19. The second kappa shape index (κ2) is 3.09. The highest BCUT2D eigenvalue weighted by molar-refractivity contribution is 5.37. The van der Waals surface area contributed by atoms with Gasteiger partial charge >= 0.3 is 0 Å². The molecule has 1 heterocycles. The molecule has 1 fully saturated rings. The summed E-state index contributed by atoms with van der Waals surface area (Å²) in [6, 6.07) is 0. The van der Waals surface area contributed by atoms with E-state index in [2.05, 4.69) is 15.5 Å². The van der Waals surface area contributed by atoms with E-state index in [0.717, 1.165) is 12.5 Å². The summed E-state index contributed by atoms with van der Waals surface area (Å²) in [6.07, 6.45) is 5.19. The van der Waals surface area contributed by atoms with Crippen molar-refractivity contribution in [1.29, 1.82) is 0 Å². The topological polar surface area (TPSA) is 40.7 Å². The van der Waals surface area contributed by atoms with E-state index >= 15 is 0 Å². The van der Waals surface area contributed by atoms with Crippen molar-refractivity contribution < 1.29 is 0 Å². The van der Waals surface area contributed by atoms with E-state index in [-0.39, 0.29) is 0 Å². The lowest BCUT2D eigenvalue weighted by molar-refractivity contribution is 0.613. The first-order valence-corrected chi connectivity index (χ1v) is 5.61. The van der Waals surface area contributed by atoms with Crippen molar-refractivity contribution in [3.05, 3.63) is 17.0 Å². The van der Waals surface area contributed by atoms with Gasteiger partial charge < -0.3 is 5.32 Å². The number of nitrogens with one attached hydrogen (secondary N) is 2. The molecule has 76 valence electrons. The second-order valence-corrected chi connectivity index (χ2v) is 4.57. The lowest BCUT2D eigenvalue weighted by Gasteiger charge is -2.10. The SMILES string of the molecule is CNCC1CCc2[nH]nc(C3CC3)c21. The van der Waals surface area contributed by atoms with E-state index in [4.69, 9.17) is 0 Å². The molecule has 3 nitrogen and oxygen atoms in total. The van der Waals surface area contributed by atoms with Gasteiger partial charge in [-0.25, -0.2) is 0 Å². The number of hydrogen-bond donors (Lipinski definition) is 2. The number of rotatable bonds is 3. The molecule has 1 saturated carbocycles. The standard InChI is InChI=1S/C11H17N3/c1-12-6-8-4-5-9-10(8)11(14-13-9)7-2-3-7/h7-8,12H,2-6H2,1H3,(H,13,14). The summed E-state index contributed by atoms with van der Waals surface area (Å²) >= 11 is 0. The Kier molecular flexibility index (Phi) is 1.87. The maximum absolute atomic E-state index is 4.48. The fourth-order valence-electron chi connectivity index (χ4n) is 2.63. The maximum Gasteiger partial charge on any atom is 0.0691 e. The molecule has 0 amide bonds. The quantitative estimate of drug-likeness (QED) is 0.760. The minimum Gasteiger partial charge on any atom is -0.319 e. The van der Waals surface area contributed by atoms with Crippen molar-refractivity contribution >= 4 is 0 Å². The van der Waals surface area contributed by atoms with E-state index in [0.29, 0.717) is 5.92 Å². The van der Waals surface area contributed by atoms with Crippen LogP contribution in [0.5, 0.6) is 0 Å². The van der Waals surface area contributed by atoms with Crippen molar-refractivity contribution in [2.45, 2.75) is 37.5 Å². The first-order valence-electron chi connectivity index (χ1n) is 5.61. The van der Waals surface area contributed by atoms with Crippen LogP contribution in [0.2, 0.25) is 0 Å². The molecule has 3 heteroatoms. The Balaban J connectivity index is 1.93. The maximum atomic E-state index is 4.48. The molecule has 0 bridgehead atoms. The Labute approximate surface area is 84.3 Å². The molecule has 0 aliphatic heterocycles. The van der Waals surface area contributed by atoms with E-state index in [1.807, 2.05) is 7.05 Å². The van der Waals surface area contributed by atoms with Crippen LogP contribution in [-0.4, -0.2) is 23.8 Å². The Morgan fingerprint density at radius 3 is 3.00 bits per heavy atom. The largest absolute Gasteiger partial charge is 0.319 e. The minimum atomic E-state index is 0.712. The van der Waals surface area contributed by atoms with Gasteiger partial charge in [-0.2, -0.15) is 5.10 Å². The van der Waals surface area contributed by atoms with Gasteiger partial charge in [0, 0.05) is 29.6 Å². The molecule has 0 spiro atoms. The highest BCUT2D eigenvalue weighted by Gasteiger charge is 2.35. The summed E-state index contributed by atoms with van der Waals surface area (Å²) in [5.41, 5.74) is 4.35. The third-order valence-corrected chi connectivity index (χ3v) is 3.48. The number of aromatic amines is 1. The molecule has 3 rings (SSSR count). The summed E-state index contributed by atoms with van der Waals surface area (Å²) in [4.78, 5) is 0. The van der Waals surface area contributed by atoms with E-state index in [1.54, 1.807) is 5.56 Å². The molecular weight excluding hydrogens is 174 g/mol. The fraction of sp³-hybridized carbons (Fsp3) is 0.727. The zero-order valence-corrected chi connectivity index (χ0v) is 8.64.